The van der Waals surface area contributed by atoms with Gasteiger partial charge in [-0.25, -0.2) is 0 Å². The monoisotopic (exact) mass is 564 g/mol. The van der Waals surface area contributed by atoms with E-state index >= 15 is 0 Å². The number of carbonyl (C=O) groups excluding carboxylic acids is 2. The summed E-state index contributed by atoms with van der Waals surface area (Å²) in [7, 11) is 3.31. The minimum absolute atomic E-state index is 0.0295. The fourth-order valence-electron chi connectivity index (χ4n) is 5.85. The lowest BCUT2D eigenvalue weighted by Crippen LogP contribution is -2.64. The number of nitrogens with zero attached hydrogens (tertiary/aromatic N) is 2. The molecule has 2 aromatic heterocycles. The van der Waals surface area contributed by atoms with Crippen LogP contribution < -0.4 is 20.1 Å². The number of hydrogen-bond acceptors (Lipinski definition) is 9. The van der Waals surface area contributed by atoms with Crippen molar-refractivity contribution in [3.05, 3.63) is 53.5 Å². The first-order valence-electron chi connectivity index (χ1n) is 13.9. The third-order valence-electron chi connectivity index (χ3n) is 8.32. The van der Waals surface area contributed by atoms with Gasteiger partial charge in [-0.1, -0.05) is 0 Å². The summed E-state index contributed by atoms with van der Waals surface area (Å²) in [6.07, 6.45) is 3.29. The van der Waals surface area contributed by atoms with Gasteiger partial charge in [0.05, 0.1) is 48.6 Å². The molecule has 0 spiro atoms. The summed E-state index contributed by atoms with van der Waals surface area (Å²) in [5.41, 5.74) is 0.592. The van der Waals surface area contributed by atoms with Crippen molar-refractivity contribution in [1.29, 1.82) is 0 Å². The molecule has 11 heteroatoms. The topological polar surface area (TPSA) is 124 Å². The molecule has 218 valence electrons. The first kappa shape index (κ1) is 27.5. The number of rotatable bonds is 9. The van der Waals surface area contributed by atoms with E-state index in [1.165, 1.54) is 0 Å². The number of aromatic nitrogens is 1. The van der Waals surface area contributed by atoms with Crippen LogP contribution >= 0.6 is 0 Å². The SMILES string of the molecule is COc1cccnc1CNCC1(C)COc2c(oc3cc(C(=O)NC4(C)COC4)ccc23)C(=O)N1[C@H]1C[C@@H](OC)C1. The maximum atomic E-state index is 14.2. The van der Waals surface area contributed by atoms with E-state index < -0.39 is 5.54 Å². The highest BCUT2D eigenvalue weighted by molar-refractivity contribution is 6.04. The van der Waals surface area contributed by atoms with Crippen molar-refractivity contribution in [2.45, 2.75) is 56.5 Å². The van der Waals surface area contributed by atoms with E-state index in [9.17, 15) is 9.59 Å². The average Bonchev–Trinajstić information content (AvgIpc) is 3.26. The van der Waals surface area contributed by atoms with Crippen LogP contribution in [0.2, 0.25) is 0 Å². The maximum Gasteiger partial charge on any atom is 0.294 e. The number of amides is 2. The van der Waals surface area contributed by atoms with E-state index in [1.54, 1.807) is 38.6 Å². The van der Waals surface area contributed by atoms with Crippen molar-refractivity contribution in [2.24, 2.45) is 0 Å². The van der Waals surface area contributed by atoms with Crippen LogP contribution in [0.25, 0.3) is 11.0 Å². The summed E-state index contributed by atoms with van der Waals surface area (Å²) >= 11 is 0. The molecule has 1 unspecified atom stereocenters. The van der Waals surface area contributed by atoms with E-state index in [0.717, 1.165) is 18.5 Å². The lowest BCUT2D eigenvalue weighted by Gasteiger charge is -2.49. The van der Waals surface area contributed by atoms with Crippen LogP contribution in [-0.2, 0) is 16.0 Å². The fraction of sp³-hybridized carbons (Fsp3) is 0.500. The molecule has 1 aliphatic carbocycles. The standard InChI is InChI=1S/C30H36N4O7/c1-29(15-39-16-29)33-27(35)18-7-8-21-24(10-18)41-26-25(21)40-17-30(2,34(28(26)36)19-11-20(12-19)37-3)14-31-13-22-23(38-4)6-5-9-32-22/h5-10,19-20,31H,11-17H2,1-4H3,(H,33,35)/t19-,20+,30?. The van der Waals surface area contributed by atoms with Crippen LogP contribution in [0, 0.1) is 0 Å². The molecule has 2 N–H and O–H groups in total. The van der Waals surface area contributed by atoms with Crippen molar-refractivity contribution in [3.63, 3.8) is 0 Å². The first-order valence-corrected chi connectivity index (χ1v) is 13.9. The molecule has 1 saturated heterocycles. The van der Waals surface area contributed by atoms with Crippen molar-refractivity contribution in [1.82, 2.24) is 20.5 Å². The quantitative estimate of drug-likeness (QED) is 0.404. The smallest absolute Gasteiger partial charge is 0.294 e. The van der Waals surface area contributed by atoms with Crippen molar-refractivity contribution in [3.8, 4) is 11.5 Å². The van der Waals surface area contributed by atoms with E-state index in [0.29, 0.717) is 54.3 Å². The molecule has 2 fully saturated rings. The number of ether oxygens (including phenoxy) is 4. The van der Waals surface area contributed by atoms with Crippen molar-refractivity contribution in [2.75, 3.05) is 40.6 Å². The van der Waals surface area contributed by atoms with Gasteiger partial charge in [0, 0.05) is 38.0 Å². The highest BCUT2D eigenvalue weighted by Gasteiger charge is 2.49. The molecule has 1 saturated carbocycles. The highest BCUT2D eigenvalue weighted by Crippen LogP contribution is 2.42. The second-order valence-electron chi connectivity index (χ2n) is 11.7. The van der Waals surface area contributed by atoms with Crippen LogP contribution in [0.15, 0.2) is 40.9 Å². The van der Waals surface area contributed by atoms with Crippen LogP contribution in [0.1, 0.15) is 53.3 Å². The Kier molecular flexibility index (Phi) is 7.13. The number of furan rings is 1. The zero-order chi connectivity index (χ0) is 28.8. The Morgan fingerprint density at radius 1 is 1.17 bits per heavy atom. The maximum absolute atomic E-state index is 14.2. The predicted molar refractivity (Wildman–Crippen MR) is 149 cm³/mol. The zero-order valence-corrected chi connectivity index (χ0v) is 23.8. The Hall–Kier alpha value is -3.67. The number of fused-ring (bicyclic) bond motifs is 3. The number of carbonyl (C=O) groups is 2. The summed E-state index contributed by atoms with van der Waals surface area (Å²) in [6, 6.07) is 8.84. The predicted octanol–water partition coefficient (Wildman–Crippen LogP) is 2.92. The third kappa shape index (κ3) is 5.02. The molecule has 0 radical (unpaired) electrons. The van der Waals surface area contributed by atoms with E-state index in [1.807, 2.05) is 30.9 Å². The van der Waals surface area contributed by atoms with Gasteiger partial charge in [-0.05, 0) is 57.0 Å². The molecule has 11 nitrogen and oxygen atoms in total. The minimum atomic E-state index is -0.684. The van der Waals surface area contributed by atoms with Gasteiger partial charge in [0.15, 0.2) is 5.75 Å². The van der Waals surface area contributed by atoms with Gasteiger partial charge in [-0.3, -0.25) is 14.6 Å². The number of methoxy groups -OCH3 is 2. The molecule has 1 atom stereocenters. The molecular weight excluding hydrogens is 528 g/mol. The Labute approximate surface area is 238 Å². The van der Waals surface area contributed by atoms with Crippen LogP contribution in [0.3, 0.4) is 0 Å². The average molecular weight is 565 g/mol. The molecule has 3 aliphatic rings. The molecule has 2 amide bonds. The Bertz CT molecular complexity index is 1460. The molecule has 41 heavy (non-hydrogen) atoms. The Morgan fingerprint density at radius 3 is 2.68 bits per heavy atom. The highest BCUT2D eigenvalue weighted by atomic mass is 16.5. The lowest BCUT2D eigenvalue weighted by molar-refractivity contribution is -0.0593. The summed E-state index contributed by atoms with van der Waals surface area (Å²) in [5, 5.41) is 7.13. The van der Waals surface area contributed by atoms with Gasteiger partial charge in [-0.15, -0.1) is 0 Å². The minimum Gasteiger partial charge on any atom is -0.495 e. The van der Waals surface area contributed by atoms with Crippen LogP contribution in [0.4, 0.5) is 0 Å². The second kappa shape index (κ2) is 10.6. The molecule has 1 aromatic carbocycles. The Balaban J connectivity index is 1.26. The van der Waals surface area contributed by atoms with Crippen molar-refractivity contribution < 1.29 is 33.0 Å². The van der Waals surface area contributed by atoms with E-state index in [2.05, 4.69) is 15.6 Å². The normalized spacial score (nSPS) is 25.0. The van der Waals surface area contributed by atoms with Gasteiger partial charge >= 0.3 is 0 Å². The van der Waals surface area contributed by atoms with Gasteiger partial charge in [0.1, 0.15) is 17.9 Å². The number of pyridine rings is 1. The van der Waals surface area contributed by atoms with E-state index in [4.69, 9.17) is 23.4 Å². The summed E-state index contributed by atoms with van der Waals surface area (Å²) in [6.45, 7) is 6.09. The molecule has 4 heterocycles. The van der Waals surface area contributed by atoms with Gasteiger partial charge in [0.2, 0.25) is 5.76 Å². The molecule has 3 aromatic rings. The zero-order valence-electron chi connectivity index (χ0n) is 23.8. The molecule has 6 rings (SSSR count). The number of hydrogen-bond donors (Lipinski definition) is 2. The van der Waals surface area contributed by atoms with Gasteiger partial charge in [-0.2, -0.15) is 0 Å². The lowest BCUT2D eigenvalue weighted by atomic mass is 9.84. The largest absolute Gasteiger partial charge is 0.495 e. The summed E-state index contributed by atoms with van der Waals surface area (Å²) < 4.78 is 28.7. The second-order valence-corrected chi connectivity index (χ2v) is 11.7. The number of nitrogens with one attached hydrogen (secondary N) is 2. The number of benzene rings is 1. The first-order chi connectivity index (χ1) is 19.7. The summed E-state index contributed by atoms with van der Waals surface area (Å²) in [4.78, 5) is 33.4. The Morgan fingerprint density at radius 2 is 1.98 bits per heavy atom. The van der Waals surface area contributed by atoms with E-state index in [-0.39, 0.29) is 41.9 Å². The van der Waals surface area contributed by atoms with Crippen LogP contribution in [0.5, 0.6) is 11.5 Å². The van der Waals surface area contributed by atoms with Gasteiger partial charge < -0.3 is 38.9 Å². The molecule has 2 aliphatic heterocycles. The summed E-state index contributed by atoms with van der Waals surface area (Å²) in [5.74, 6) is 0.789. The molecule has 0 bridgehead atoms. The fourth-order valence-corrected chi connectivity index (χ4v) is 5.85. The van der Waals surface area contributed by atoms with Gasteiger partial charge in [0.25, 0.3) is 11.8 Å². The molecular formula is C30H36N4O7. The van der Waals surface area contributed by atoms with Crippen molar-refractivity contribution >= 4 is 22.8 Å². The van der Waals surface area contributed by atoms with Crippen LogP contribution in [-0.4, -0.2) is 85.5 Å². The third-order valence-corrected chi connectivity index (χ3v) is 8.32.